The summed E-state index contributed by atoms with van der Waals surface area (Å²) in [5, 5.41) is 5.76. The van der Waals surface area contributed by atoms with Crippen LogP contribution >= 0.6 is 0 Å². The van der Waals surface area contributed by atoms with Crippen molar-refractivity contribution in [1.82, 2.24) is 25.5 Å². The maximum absolute atomic E-state index is 14.0. The Balaban J connectivity index is 1.43. The van der Waals surface area contributed by atoms with Gasteiger partial charge in [-0.3, -0.25) is 9.59 Å². The fourth-order valence-corrected chi connectivity index (χ4v) is 5.25. The molecule has 3 amide bonds. The van der Waals surface area contributed by atoms with E-state index in [9.17, 15) is 14.4 Å². The number of benzene rings is 2. The van der Waals surface area contributed by atoms with E-state index in [1.165, 1.54) is 12.7 Å². The third-order valence-corrected chi connectivity index (χ3v) is 7.61. The third-order valence-electron chi connectivity index (χ3n) is 7.61. The molecule has 0 spiro atoms. The van der Waals surface area contributed by atoms with Crippen LogP contribution in [0, 0.1) is 5.92 Å². The number of nitrogens with one attached hydrogen (secondary N) is 3. The van der Waals surface area contributed by atoms with Gasteiger partial charge in [0.25, 0.3) is 0 Å². The Morgan fingerprint density at radius 2 is 1.73 bits per heavy atom. The monoisotopic (exact) mass is 559 g/mol. The molecule has 0 aliphatic heterocycles. The molecule has 9 nitrogen and oxygen atoms in total. The zero-order valence-electron chi connectivity index (χ0n) is 23.8. The first-order chi connectivity index (χ1) is 20.0. The predicted octanol–water partition coefficient (Wildman–Crippen LogP) is 4.58. The predicted molar refractivity (Wildman–Crippen MR) is 157 cm³/mol. The van der Waals surface area contributed by atoms with Crippen molar-refractivity contribution in [2.24, 2.45) is 5.92 Å². The minimum Gasteiger partial charge on any atom is -0.445 e. The highest BCUT2D eigenvalue weighted by molar-refractivity contribution is 5.89. The van der Waals surface area contributed by atoms with Crippen molar-refractivity contribution in [3.05, 3.63) is 90.0 Å². The molecule has 1 heterocycles. The van der Waals surface area contributed by atoms with E-state index in [2.05, 4.69) is 27.5 Å². The van der Waals surface area contributed by atoms with Gasteiger partial charge in [-0.2, -0.15) is 0 Å². The quantitative estimate of drug-likeness (QED) is 0.284. The van der Waals surface area contributed by atoms with Gasteiger partial charge in [0.15, 0.2) is 0 Å². The summed E-state index contributed by atoms with van der Waals surface area (Å²) < 4.78 is 5.42. The average molecular weight is 560 g/mol. The number of hydrogen-bond donors (Lipinski definition) is 3. The van der Waals surface area contributed by atoms with Crippen LogP contribution in [-0.4, -0.2) is 58.5 Å². The van der Waals surface area contributed by atoms with Crippen LogP contribution in [0.25, 0.3) is 0 Å². The zero-order valence-corrected chi connectivity index (χ0v) is 23.8. The molecular weight excluding hydrogens is 518 g/mol. The van der Waals surface area contributed by atoms with Gasteiger partial charge in [-0.25, -0.2) is 9.78 Å². The zero-order chi connectivity index (χ0) is 28.9. The number of amides is 3. The summed E-state index contributed by atoms with van der Waals surface area (Å²) >= 11 is 0. The van der Waals surface area contributed by atoms with Crippen molar-refractivity contribution >= 4 is 17.9 Å². The molecule has 1 saturated carbocycles. The average Bonchev–Trinajstić information content (AvgIpc) is 3.52. The number of aromatic amines is 1. The van der Waals surface area contributed by atoms with Gasteiger partial charge in [0, 0.05) is 31.4 Å². The van der Waals surface area contributed by atoms with Crippen molar-refractivity contribution in [3.63, 3.8) is 0 Å². The second-order valence-electron chi connectivity index (χ2n) is 10.9. The number of carbonyl (C=O) groups excluding carboxylic acids is 3. The maximum Gasteiger partial charge on any atom is 0.408 e. The summed E-state index contributed by atoms with van der Waals surface area (Å²) in [6.07, 6.45) is 8.15. The number of hydrogen-bond acceptors (Lipinski definition) is 5. The van der Waals surface area contributed by atoms with Crippen LogP contribution in [0.15, 0.2) is 73.2 Å². The third kappa shape index (κ3) is 9.77. The fraction of sp³-hybridized carbons (Fsp3) is 0.438. The van der Waals surface area contributed by atoms with Gasteiger partial charge >= 0.3 is 6.09 Å². The molecule has 1 aromatic heterocycles. The molecule has 4 rings (SSSR count). The second-order valence-corrected chi connectivity index (χ2v) is 10.9. The van der Waals surface area contributed by atoms with Gasteiger partial charge in [-0.15, -0.1) is 0 Å². The first-order valence-corrected chi connectivity index (χ1v) is 14.5. The number of carbonyl (C=O) groups is 3. The Morgan fingerprint density at radius 3 is 2.41 bits per heavy atom. The van der Waals surface area contributed by atoms with Crippen LogP contribution < -0.4 is 10.6 Å². The minimum absolute atomic E-state index is 0.0724. The normalized spacial score (nSPS) is 15.0. The van der Waals surface area contributed by atoms with Crippen LogP contribution in [0.2, 0.25) is 0 Å². The van der Waals surface area contributed by atoms with Gasteiger partial charge in [0.05, 0.1) is 12.9 Å². The molecular formula is C32H41N5O4. The van der Waals surface area contributed by atoms with Crippen molar-refractivity contribution in [2.45, 2.75) is 64.0 Å². The smallest absolute Gasteiger partial charge is 0.408 e. The first-order valence-electron chi connectivity index (χ1n) is 14.5. The molecule has 0 radical (unpaired) electrons. The molecule has 0 bridgehead atoms. The number of alkyl carbamates (subject to hydrolysis) is 1. The Kier molecular flexibility index (Phi) is 11.3. The second kappa shape index (κ2) is 15.6. The SMILES string of the molecule is C[C@H](CNC(=O)CN(CC1CCCCC1)C(=O)[C@H](Cc1cnc[nH]1)NC(=O)OCc1ccccc1)c1ccccc1. The highest BCUT2D eigenvalue weighted by Crippen LogP contribution is 2.25. The number of ether oxygens (including phenoxy) is 1. The van der Waals surface area contributed by atoms with Crippen molar-refractivity contribution in [2.75, 3.05) is 19.6 Å². The molecule has 2 aromatic carbocycles. The van der Waals surface area contributed by atoms with Gasteiger partial charge in [0.1, 0.15) is 12.6 Å². The largest absolute Gasteiger partial charge is 0.445 e. The Labute approximate surface area is 242 Å². The maximum atomic E-state index is 14.0. The van der Waals surface area contributed by atoms with Crippen molar-refractivity contribution in [3.8, 4) is 0 Å². The number of H-pyrrole nitrogens is 1. The van der Waals surface area contributed by atoms with Gasteiger partial charge < -0.3 is 25.3 Å². The van der Waals surface area contributed by atoms with E-state index in [0.29, 0.717) is 24.7 Å². The highest BCUT2D eigenvalue weighted by atomic mass is 16.5. The van der Waals surface area contributed by atoms with Gasteiger partial charge in [0.2, 0.25) is 11.8 Å². The molecule has 9 heteroatoms. The van der Waals surface area contributed by atoms with Gasteiger partial charge in [-0.1, -0.05) is 86.8 Å². The van der Waals surface area contributed by atoms with E-state index >= 15 is 0 Å². The fourth-order valence-electron chi connectivity index (χ4n) is 5.25. The lowest BCUT2D eigenvalue weighted by Crippen LogP contribution is -2.53. The topological polar surface area (TPSA) is 116 Å². The Hall–Kier alpha value is -4.14. The molecule has 218 valence electrons. The molecule has 3 aromatic rings. The Morgan fingerprint density at radius 1 is 1.02 bits per heavy atom. The lowest BCUT2D eigenvalue weighted by Gasteiger charge is -2.32. The molecule has 1 fully saturated rings. The van der Waals surface area contributed by atoms with E-state index in [-0.39, 0.29) is 37.3 Å². The molecule has 1 aliphatic carbocycles. The van der Waals surface area contributed by atoms with E-state index in [0.717, 1.165) is 36.8 Å². The number of imidazole rings is 1. The van der Waals surface area contributed by atoms with E-state index in [1.807, 2.05) is 60.7 Å². The first kappa shape index (κ1) is 29.8. The van der Waals surface area contributed by atoms with Crippen LogP contribution in [0.1, 0.15) is 61.8 Å². The summed E-state index contributed by atoms with van der Waals surface area (Å²) in [6, 6.07) is 18.5. The van der Waals surface area contributed by atoms with E-state index < -0.39 is 12.1 Å². The lowest BCUT2D eigenvalue weighted by molar-refractivity contribution is -0.138. The highest BCUT2D eigenvalue weighted by Gasteiger charge is 2.31. The number of aromatic nitrogens is 2. The summed E-state index contributed by atoms with van der Waals surface area (Å²) in [4.78, 5) is 48.6. The molecule has 41 heavy (non-hydrogen) atoms. The van der Waals surface area contributed by atoms with Crippen LogP contribution in [0.3, 0.4) is 0 Å². The van der Waals surface area contributed by atoms with Gasteiger partial charge in [-0.05, 0) is 35.8 Å². The van der Waals surface area contributed by atoms with Crippen molar-refractivity contribution in [1.29, 1.82) is 0 Å². The summed E-state index contributed by atoms with van der Waals surface area (Å²) in [5.41, 5.74) is 2.69. The van der Waals surface area contributed by atoms with Crippen LogP contribution in [0.5, 0.6) is 0 Å². The van der Waals surface area contributed by atoms with Crippen molar-refractivity contribution < 1.29 is 19.1 Å². The molecule has 3 N–H and O–H groups in total. The molecule has 2 atom stereocenters. The summed E-state index contributed by atoms with van der Waals surface area (Å²) in [7, 11) is 0. The standard InChI is InChI=1S/C32H41N5O4/c1-24(27-15-9-4-10-16-27)18-34-30(38)21-37(20-25-11-5-2-6-12-25)31(39)29(17-28-19-33-23-35-28)36-32(40)41-22-26-13-7-3-8-14-26/h3-4,7-10,13-16,19,23-25,29H,2,5-6,11-12,17-18,20-22H2,1H3,(H,33,35)(H,34,38)(H,36,40)/t24-,29+/m1/s1. The van der Waals surface area contributed by atoms with Crippen LogP contribution in [0.4, 0.5) is 4.79 Å². The summed E-state index contributed by atoms with van der Waals surface area (Å²) in [5.74, 6) is -0.0737. The molecule has 0 saturated heterocycles. The molecule has 1 aliphatic rings. The number of rotatable bonds is 13. The van der Waals surface area contributed by atoms with Crippen LogP contribution in [-0.2, 0) is 27.4 Å². The summed E-state index contributed by atoms with van der Waals surface area (Å²) in [6.45, 7) is 3.02. The minimum atomic E-state index is -0.918. The molecule has 0 unspecified atom stereocenters. The van der Waals surface area contributed by atoms with E-state index in [1.54, 1.807) is 11.1 Å². The Bertz CT molecular complexity index is 1210. The number of nitrogens with zero attached hydrogens (tertiary/aromatic N) is 2. The lowest BCUT2D eigenvalue weighted by atomic mass is 9.88. The van der Waals surface area contributed by atoms with E-state index in [4.69, 9.17) is 4.74 Å².